The van der Waals surface area contributed by atoms with E-state index in [0.717, 1.165) is 47.4 Å². The third kappa shape index (κ3) is 3.07. The molecular formula is C19H23ClN6O2. The zero-order chi connectivity index (χ0) is 20.0. The molecule has 4 rings (SSSR count). The number of allylic oxidation sites excluding steroid dienone is 1. The third-order valence-corrected chi connectivity index (χ3v) is 5.74. The molecule has 2 atom stereocenters. The van der Waals surface area contributed by atoms with E-state index in [2.05, 4.69) is 20.5 Å². The molecular weight excluding hydrogens is 380 g/mol. The van der Waals surface area contributed by atoms with Crippen molar-refractivity contribution in [1.82, 2.24) is 20.0 Å². The van der Waals surface area contributed by atoms with Gasteiger partial charge in [0.25, 0.3) is 5.91 Å². The molecule has 0 saturated carbocycles. The minimum atomic E-state index is -0.509. The van der Waals surface area contributed by atoms with Crippen molar-refractivity contribution in [3.8, 4) is 0 Å². The Balaban J connectivity index is 1.39. The lowest BCUT2D eigenvalue weighted by Crippen LogP contribution is -2.62. The van der Waals surface area contributed by atoms with Crippen molar-refractivity contribution in [2.45, 2.75) is 32.5 Å². The van der Waals surface area contributed by atoms with E-state index in [-0.39, 0.29) is 5.91 Å². The predicted molar refractivity (Wildman–Crippen MR) is 108 cm³/mol. The van der Waals surface area contributed by atoms with Crippen LogP contribution in [-0.4, -0.2) is 64.9 Å². The van der Waals surface area contributed by atoms with Gasteiger partial charge in [-0.15, -0.1) is 0 Å². The van der Waals surface area contributed by atoms with Gasteiger partial charge in [-0.1, -0.05) is 17.7 Å². The lowest BCUT2D eigenvalue weighted by atomic mass is 10.1. The molecule has 2 N–H and O–H groups in total. The van der Waals surface area contributed by atoms with Crippen LogP contribution in [-0.2, 0) is 4.79 Å². The summed E-state index contributed by atoms with van der Waals surface area (Å²) >= 11 is 6.17. The summed E-state index contributed by atoms with van der Waals surface area (Å²) in [7, 11) is 1.66. The van der Waals surface area contributed by atoms with E-state index in [1.807, 2.05) is 43.1 Å². The molecule has 1 saturated heterocycles. The van der Waals surface area contributed by atoms with Gasteiger partial charge in [0.05, 0.1) is 0 Å². The smallest absolute Gasteiger partial charge is 0.325 e. The predicted octanol–water partition coefficient (Wildman–Crippen LogP) is 2.18. The van der Waals surface area contributed by atoms with Crippen molar-refractivity contribution in [3.63, 3.8) is 0 Å². The van der Waals surface area contributed by atoms with Crippen LogP contribution in [0.15, 0.2) is 35.1 Å². The SMILES string of the molecule is CC1=CN2C(=NC3C2C(=O)NC(=O)N3C)N1CCCNc1ccc(C)c(Cl)c1. The molecule has 2 unspecified atom stereocenters. The number of carbonyl (C=O) groups excluding carboxylic acids is 2. The van der Waals surface area contributed by atoms with Crippen LogP contribution in [0.2, 0.25) is 5.02 Å². The van der Waals surface area contributed by atoms with Gasteiger partial charge in [0.1, 0.15) is 0 Å². The Bertz CT molecular complexity index is 898. The number of halogens is 1. The monoisotopic (exact) mass is 402 g/mol. The summed E-state index contributed by atoms with van der Waals surface area (Å²) in [6.07, 6.45) is 2.32. The summed E-state index contributed by atoms with van der Waals surface area (Å²) in [4.78, 5) is 34.3. The van der Waals surface area contributed by atoms with Crippen LogP contribution in [0.25, 0.3) is 0 Å². The molecule has 28 heavy (non-hydrogen) atoms. The van der Waals surface area contributed by atoms with E-state index in [9.17, 15) is 9.59 Å². The topological polar surface area (TPSA) is 80.3 Å². The van der Waals surface area contributed by atoms with Gasteiger partial charge in [-0.3, -0.25) is 10.1 Å². The summed E-state index contributed by atoms with van der Waals surface area (Å²) in [6.45, 7) is 5.51. The number of benzene rings is 1. The van der Waals surface area contributed by atoms with Gasteiger partial charge < -0.3 is 20.0 Å². The molecule has 0 radical (unpaired) electrons. The number of aryl methyl sites for hydroxylation is 1. The number of hydrogen-bond donors (Lipinski definition) is 2. The Hall–Kier alpha value is -2.74. The molecule has 0 bridgehead atoms. The molecule has 0 aliphatic carbocycles. The number of rotatable bonds is 5. The number of guanidine groups is 1. The normalized spacial score (nSPS) is 23.4. The van der Waals surface area contributed by atoms with Crippen LogP contribution in [0, 0.1) is 6.92 Å². The van der Waals surface area contributed by atoms with Gasteiger partial charge in [0.15, 0.2) is 12.2 Å². The van der Waals surface area contributed by atoms with Crippen LogP contribution < -0.4 is 10.6 Å². The number of carbonyl (C=O) groups is 2. The number of aliphatic imine (C=N–C) groups is 1. The first-order chi connectivity index (χ1) is 13.4. The van der Waals surface area contributed by atoms with E-state index in [1.165, 1.54) is 4.90 Å². The first-order valence-corrected chi connectivity index (χ1v) is 9.64. The molecule has 1 fully saturated rings. The van der Waals surface area contributed by atoms with Gasteiger partial charge in [0.2, 0.25) is 5.96 Å². The lowest BCUT2D eigenvalue weighted by molar-refractivity contribution is -0.126. The molecule has 1 aromatic carbocycles. The van der Waals surface area contributed by atoms with Crippen LogP contribution in [0.3, 0.4) is 0 Å². The Morgan fingerprint density at radius 1 is 1.29 bits per heavy atom. The molecule has 0 aromatic heterocycles. The zero-order valence-corrected chi connectivity index (χ0v) is 16.8. The Morgan fingerprint density at radius 2 is 2.07 bits per heavy atom. The number of likely N-dealkylation sites (N-methyl/N-ethyl adjacent to an activating group) is 1. The molecule has 3 aliphatic rings. The number of nitrogens with one attached hydrogen (secondary N) is 2. The van der Waals surface area contributed by atoms with E-state index in [1.54, 1.807) is 7.05 Å². The Morgan fingerprint density at radius 3 is 2.82 bits per heavy atom. The highest BCUT2D eigenvalue weighted by molar-refractivity contribution is 6.31. The Labute approximate surface area is 168 Å². The number of anilines is 1. The number of amides is 3. The van der Waals surface area contributed by atoms with Crippen molar-refractivity contribution in [2.75, 3.05) is 25.5 Å². The minimum absolute atomic E-state index is 0.310. The average Bonchev–Trinajstić information content (AvgIpc) is 3.15. The molecule has 0 spiro atoms. The maximum atomic E-state index is 12.3. The second-order valence-corrected chi connectivity index (χ2v) is 7.67. The third-order valence-electron chi connectivity index (χ3n) is 5.33. The highest BCUT2D eigenvalue weighted by atomic mass is 35.5. The van der Waals surface area contributed by atoms with Gasteiger partial charge in [-0.25, -0.2) is 9.79 Å². The maximum absolute atomic E-state index is 12.3. The minimum Gasteiger partial charge on any atom is -0.385 e. The average molecular weight is 403 g/mol. The summed E-state index contributed by atoms with van der Waals surface area (Å²) in [5.41, 5.74) is 3.08. The number of imide groups is 1. The molecule has 3 heterocycles. The van der Waals surface area contributed by atoms with E-state index in [4.69, 9.17) is 11.6 Å². The van der Waals surface area contributed by atoms with Crippen LogP contribution in [0.5, 0.6) is 0 Å². The second kappa shape index (κ2) is 7.01. The fraction of sp³-hybridized carbons (Fsp3) is 0.421. The van der Waals surface area contributed by atoms with Gasteiger partial charge in [-0.05, 0) is 38.0 Å². The summed E-state index contributed by atoms with van der Waals surface area (Å²) in [6, 6.07) is 5.02. The van der Waals surface area contributed by atoms with Crippen LogP contribution in [0.1, 0.15) is 18.9 Å². The van der Waals surface area contributed by atoms with Crippen LogP contribution in [0.4, 0.5) is 10.5 Å². The standard InChI is InChI=1S/C19H23ClN6O2/c1-11-5-6-13(9-14(11)20)21-7-4-8-25-12(2)10-26-15-16(22-18(25)26)24(3)19(28)23-17(15)27/h5-6,9-10,15-16,21H,4,7-8H2,1-3H3,(H,23,27,28). The fourth-order valence-electron chi connectivity index (χ4n) is 3.70. The maximum Gasteiger partial charge on any atom is 0.325 e. The second-order valence-electron chi connectivity index (χ2n) is 7.27. The Kier molecular flexibility index (Phi) is 4.66. The number of hydrogen-bond acceptors (Lipinski definition) is 6. The number of urea groups is 1. The largest absolute Gasteiger partial charge is 0.385 e. The zero-order valence-electron chi connectivity index (χ0n) is 16.1. The van der Waals surface area contributed by atoms with Crippen molar-refractivity contribution < 1.29 is 9.59 Å². The molecule has 3 aliphatic heterocycles. The van der Waals surface area contributed by atoms with Crippen molar-refractivity contribution in [2.24, 2.45) is 4.99 Å². The molecule has 1 aromatic rings. The van der Waals surface area contributed by atoms with Gasteiger partial charge in [0, 0.05) is 42.7 Å². The van der Waals surface area contributed by atoms with E-state index >= 15 is 0 Å². The summed E-state index contributed by atoms with van der Waals surface area (Å²) in [5.74, 6) is 0.415. The number of nitrogens with zero attached hydrogens (tertiary/aromatic N) is 4. The quantitative estimate of drug-likeness (QED) is 0.738. The van der Waals surface area contributed by atoms with Crippen molar-refractivity contribution >= 4 is 35.2 Å². The van der Waals surface area contributed by atoms with Gasteiger partial charge >= 0.3 is 6.03 Å². The highest BCUT2D eigenvalue weighted by Gasteiger charge is 2.51. The molecule has 148 valence electrons. The first-order valence-electron chi connectivity index (χ1n) is 9.26. The summed E-state index contributed by atoms with van der Waals surface area (Å²) < 4.78 is 0. The first kappa shape index (κ1) is 18.6. The molecule has 8 nitrogen and oxygen atoms in total. The molecule has 3 amide bonds. The molecule has 9 heteroatoms. The lowest BCUT2D eigenvalue weighted by Gasteiger charge is -2.34. The van der Waals surface area contributed by atoms with E-state index < -0.39 is 18.2 Å². The van der Waals surface area contributed by atoms with Crippen molar-refractivity contribution in [1.29, 1.82) is 0 Å². The van der Waals surface area contributed by atoms with E-state index in [0.29, 0.717) is 0 Å². The fourth-order valence-corrected chi connectivity index (χ4v) is 3.88. The van der Waals surface area contributed by atoms with Gasteiger partial charge in [-0.2, -0.15) is 0 Å². The van der Waals surface area contributed by atoms with Crippen molar-refractivity contribution in [3.05, 3.63) is 40.7 Å². The highest BCUT2D eigenvalue weighted by Crippen LogP contribution is 2.31. The summed E-state index contributed by atoms with van der Waals surface area (Å²) in [5, 5.41) is 6.52. The number of fused-ring (bicyclic) bond motifs is 3. The van der Waals surface area contributed by atoms with Crippen LogP contribution >= 0.6 is 11.6 Å².